The number of rotatable bonds is 2. The Morgan fingerprint density at radius 1 is 1.25 bits per heavy atom. The Hall–Kier alpha value is -1.92. The molecule has 1 aromatic heterocycles. The molecule has 0 spiro atoms. The van der Waals surface area contributed by atoms with Crippen molar-refractivity contribution < 1.29 is 9.90 Å². The van der Waals surface area contributed by atoms with Gasteiger partial charge in [-0.05, 0) is 36.4 Å². The summed E-state index contributed by atoms with van der Waals surface area (Å²) in [4.78, 5) is 10.9. The summed E-state index contributed by atoms with van der Waals surface area (Å²) in [6.07, 6.45) is 0. The zero-order chi connectivity index (χ0) is 14.3. The van der Waals surface area contributed by atoms with Gasteiger partial charge in [-0.3, -0.25) is 0 Å². The molecule has 0 fully saturated rings. The molecule has 1 N–H and O–H groups in total. The van der Waals surface area contributed by atoms with Gasteiger partial charge in [-0.25, -0.2) is 9.48 Å². The Labute approximate surface area is 126 Å². The quantitative estimate of drug-likeness (QED) is 0.766. The topological polar surface area (TPSA) is 68.0 Å². The van der Waals surface area contributed by atoms with E-state index in [0.717, 1.165) is 4.47 Å². The number of hydrogen-bond donors (Lipinski definition) is 1. The summed E-state index contributed by atoms with van der Waals surface area (Å²) in [6.45, 7) is 0. The third kappa shape index (κ3) is 2.17. The standard InChI is InChI=1S/C13H7BrClN3O2/c14-8-2-3-9(15)12(6-8)18-11-4-1-7(13(19)20)5-10(11)16-17-18/h1-6H,(H,19,20). The van der Waals surface area contributed by atoms with Crippen molar-refractivity contribution in [2.24, 2.45) is 0 Å². The normalized spacial score (nSPS) is 10.9. The fraction of sp³-hybridized carbons (Fsp3) is 0. The van der Waals surface area contributed by atoms with E-state index < -0.39 is 5.97 Å². The van der Waals surface area contributed by atoms with Gasteiger partial charge in [0.15, 0.2) is 0 Å². The summed E-state index contributed by atoms with van der Waals surface area (Å²) in [7, 11) is 0. The van der Waals surface area contributed by atoms with Crippen molar-refractivity contribution in [1.29, 1.82) is 0 Å². The summed E-state index contributed by atoms with van der Waals surface area (Å²) >= 11 is 9.54. The van der Waals surface area contributed by atoms with Crippen LogP contribution in [-0.4, -0.2) is 26.1 Å². The molecule has 0 atom stereocenters. The van der Waals surface area contributed by atoms with E-state index in [9.17, 15) is 4.79 Å². The molecule has 0 aliphatic heterocycles. The largest absolute Gasteiger partial charge is 0.478 e. The molecule has 0 aliphatic rings. The van der Waals surface area contributed by atoms with Crippen molar-refractivity contribution in [3.8, 4) is 5.69 Å². The molecule has 100 valence electrons. The molecule has 3 aromatic rings. The lowest BCUT2D eigenvalue weighted by atomic mass is 10.2. The number of carboxylic acids is 1. The third-order valence-electron chi connectivity index (χ3n) is 2.83. The van der Waals surface area contributed by atoms with Gasteiger partial charge in [-0.1, -0.05) is 32.7 Å². The van der Waals surface area contributed by atoms with Crippen LogP contribution in [0.15, 0.2) is 40.9 Å². The molecule has 2 aromatic carbocycles. The van der Waals surface area contributed by atoms with E-state index in [-0.39, 0.29) is 5.56 Å². The van der Waals surface area contributed by atoms with Crippen LogP contribution >= 0.6 is 27.5 Å². The minimum atomic E-state index is -0.998. The van der Waals surface area contributed by atoms with Crippen molar-refractivity contribution in [3.05, 3.63) is 51.5 Å². The zero-order valence-electron chi connectivity index (χ0n) is 9.92. The second kappa shape index (κ2) is 4.88. The summed E-state index contributed by atoms with van der Waals surface area (Å²) in [6, 6.07) is 10.1. The van der Waals surface area contributed by atoms with Gasteiger partial charge in [0, 0.05) is 4.47 Å². The molecule has 0 saturated carbocycles. The lowest BCUT2D eigenvalue weighted by molar-refractivity contribution is 0.0697. The number of hydrogen-bond acceptors (Lipinski definition) is 3. The van der Waals surface area contributed by atoms with Crippen LogP contribution in [0.2, 0.25) is 5.02 Å². The molecule has 1 heterocycles. The van der Waals surface area contributed by atoms with Gasteiger partial charge >= 0.3 is 5.97 Å². The first-order valence-electron chi connectivity index (χ1n) is 5.60. The van der Waals surface area contributed by atoms with Gasteiger partial charge in [0.25, 0.3) is 0 Å². The predicted octanol–water partition coefficient (Wildman–Crippen LogP) is 3.53. The predicted molar refractivity (Wildman–Crippen MR) is 78.5 cm³/mol. The first-order chi connectivity index (χ1) is 9.56. The molecular formula is C13H7BrClN3O2. The first kappa shape index (κ1) is 13.1. The highest BCUT2D eigenvalue weighted by Gasteiger charge is 2.12. The number of carboxylic acid groups (broad SMARTS) is 1. The molecule has 20 heavy (non-hydrogen) atoms. The van der Waals surface area contributed by atoms with E-state index >= 15 is 0 Å². The molecule has 0 radical (unpaired) electrons. The van der Waals surface area contributed by atoms with Crippen LogP contribution in [0.3, 0.4) is 0 Å². The highest BCUT2D eigenvalue weighted by molar-refractivity contribution is 9.10. The SMILES string of the molecule is O=C(O)c1ccc2c(c1)nnn2-c1cc(Br)ccc1Cl. The molecule has 0 bridgehead atoms. The van der Waals surface area contributed by atoms with Crippen LogP contribution in [0.25, 0.3) is 16.7 Å². The minimum absolute atomic E-state index is 0.171. The Kier molecular flexibility index (Phi) is 3.19. The maximum atomic E-state index is 10.9. The summed E-state index contributed by atoms with van der Waals surface area (Å²) < 4.78 is 2.44. The van der Waals surface area contributed by atoms with Crippen LogP contribution < -0.4 is 0 Å². The zero-order valence-corrected chi connectivity index (χ0v) is 12.3. The van der Waals surface area contributed by atoms with Crippen molar-refractivity contribution in [1.82, 2.24) is 15.0 Å². The van der Waals surface area contributed by atoms with Crippen LogP contribution in [0, 0.1) is 0 Å². The Balaban J connectivity index is 2.22. The van der Waals surface area contributed by atoms with Crippen molar-refractivity contribution in [3.63, 3.8) is 0 Å². The van der Waals surface area contributed by atoms with E-state index in [1.165, 1.54) is 12.1 Å². The molecule has 5 nitrogen and oxygen atoms in total. The lowest BCUT2D eigenvalue weighted by Gasteiger charge is -2.05. The van der Waals surface area contributed by atoms with E-state index in [4.69, 9.17) is 16.7 Å². The number of aromatic nitrogens is 3. The van der Waals surface area contributed by atoms with E-state index in [0.29, 0.717) is 21.7 Å². The van der Waals surface area contributed by atoms with Gasteiger partial charge in [-0.2, -0.15) is 0 Å². The second-order valence-corrected chi connectivity index (χ2v) is 5.43. The minimum Gasteiger partial charge on any atom is -0.478 e. The van der Waals surface area contributed by atoms with Gasteiger partial charge in [-0.15, -0.1) is 5.10 Å². The van der Waals surface area contributed by atoms with E-state index in [1.807, 2.05) is 12.1 Å². The second-order valence-electron chi connectivity index (χ2n) is 4.11. The molecular weight excluding hydrogens is 346 g/mol. The van der Waals surface area contributed by atoms with Gasteiger partial charge in [0.2, 0.25) is 0 Å². The lowest BCUT2D eigenvalue weighted by Crippen LogP contribution is -1.98. The Morgan fingerprint density at radius 2 is 2.05 bits per heavy atom. The highest BCUT2D eigenvalue weighted by Crippen LogP contribution is 2.26. The third-order valence-corrected chi connectivity index (χ3v) is 3.64. The fourth-order valence-electron chi connectivity index (χ4n) is 1.88. The average Bonchev–Trinajstić information content (AvgIpc) is 2.84. The van der Waals surface area contributed by atoms with Crippen LogP contribution in [0.4, 0.5) is 0 Å². The van der Waals surface area contributed by atoms with Crippen LogP contribution in [-0.2, 0) is 0 Å². The maximum Gasteiger partial charge on any atom is 0.335 e. The van der Waals surface area contributed by atoms with Crippen LogP contribution in [0.1, 0.15) is 10.4 Å². The van der Waals surface area contributed by atoms with E-state index in [2.05, 4.69) is 26.2 Å². The monoisotopic (exact) mass is 351 g/mol. The van der Waals surface area contributed by atoms with Crippen molar-refractivity contribution in [2.75, 3.05) is 0 Å². The number of nitrogens with zero attached hydrogens (tertiary/aromatic N) is 3. The van der Waals surface area contributed by atoms with Crippen LogP contribution in [0.5, 0.6) is 0 Å². The van der Waals surface area contributed by atoms with E-state index in [1.54, 1.807) is 16.8 Å². The van der Waals surface area contributed by atoms with Gasteiger partial charge < -0.3 is 5.11 Å². The number of fused-ring (bicyclic) bond motifs is 1. The Bertz CT molecular complexity index is 832. The molecule has 0 unspecified atom stereocenters. The molecule has 0 amide bonds. The summed E-state index contributed by atoms with van der Waals surface area (Å²) in [5.41, 5.74) is 2.03. The summed E-state index contributed by atoms with van der Waals surface area (Å²) in [5.74, 6) is -0.998. The highest BCUT2D eigenvalue weighted by atomic mass is 79.9. The molecule has 0 aliphatic carbocycles. The summed E-state index contributed by atoms with van der Waals surface area (Å²) in [5, 5.41) is 17.5. The Morgan fingerprint density at radius 3 is 2.80 bits per heavy atom. The van der Waals surface area contributed by atoms with Gasteiger partial charge in [0.1, 0.15) is 5.52 Å². The maximum absolute atomic E-state index is 10.9. The van der Waals surface area contributed by atoms with Crippen molar-refractivity contribution in [2.45, 2.75) is 0 Å². The molecule has 3 rings (SSSR count). The number of aromatic carboxylic acids is 1. The molecule has 7 heteroatoms. The van der Waals surface area contributed by atoms with Gasteiger partial charge in [0.05, 0.1) is 21.8 Å². The average molecular weight is 353 g/mol. The fourth-order valence-corrected chi connectivity index (χ4v) is 2.43. The number of halogens is 2. The number of benzene rings is 2. The van der Waals surface area contributed by atoms with Crippen molar-refractivity contribution >= 4 is 44.5 Å². The first-order valence-corrected chi connectivity index (χ1v) is 6.77. The number of carbonyl (C=O) groups is 1. The molecule has 0 saturated heterocycles. The smallest absolute Gasteiger partial charge is 0.335 e.